The smallest absolute Gasteiger partial charge is 0.225 e. The second-order valence-corrected chi connectivity index (χ2v) is 6.87. The van der Waals surface area contributed by atoms with Crippen LogP contribution in [0.25, 0.3) is 11.5 Å². The van der Waals surface area contributed by atoms with Gasteiger partial charge in [-0.25, -0.2) is 9.97 Å². The van der Waals surface area contributed by atoms with Crippen molar-refractivity contribution in [2.75, 3.05) is 0 Å². The van der Waals surface area contributed by atoms with Crippen molar-refractivity contribution >= 4 is 0 Å². The maximum atomic E-state index is 10.6. The number of aliphatic hydroxyl groups excluding tert-OH is 1. The summed E-state index contributed by atoms with van der Waals surface area (Å²) in [5.41, 5.74) is 4.27. The van der Waals surface area contributed by atoms with Crippen molar-refractivity contribution in [3.05, 3.63) is 96.4 Å². The molecule has 4 rings (SSSR count). The molecule has 1 atom stereocenters. The van der Waals surface area contributed by atoms with Gasteiger partial charge in [-0.05, 0) is 42.5 Å². The highest BCUT2D eigenvalue weighted by atomic mass is 16.3. The van der Waals surface area contributed by atoms with Crippen LogP contribution < -0.4 is 0 Å². The lowest BCUT2D eigenvalue weighted by molar-refractivity contribution is 0.156. The summed E-state index contributed by atoms with van der Waals surface area (Å²) in [4.78, 5) is 8.39. The molecule has 0 fully saturated rings. The Labute approximate surface area is 164 Å². The molecule has 5 nitrogen and oxygen atoms in total. The molecule has 2 heterocycles. The number of oxazole rings is 1. The number of aliphatic hydroxyl groups is 1. The molecule has 4 aromatic rings. The van der Waals surface area contributed by atoms with Crippen LogP contribution in [0.15, 0.2) is 84.0 Å². The molecule has 28 heavy (non-hydrogen) atoms. The molecular formula is C23H23N3O2. The van der Waals surface area contributed by atoms with Gasteiger partial charge in [-0.1, -0.05) is 42.5 Å². The summed E-state index contributed by atoms with van der Waals surface area (Å²) in [6.07, 6.45) is 8.76. The van der Waals surface area contributed by atoms with Gasteiger partial charge < -0.3 is 14.1 Å². The topological polar surface area (TPSA) is 64.1 Å². The van der Waals surface area contributed by atoms with E-state index in [4.69, 9.17) is 4.42 Å². The monoisotopic (exact) mass is 373 g/mol. The fraction of sp³-hybridized carbons (Fsp3) is 0.217. The van der Waals surface area contributed by atoms with Crippen LogP contribution in [0.3, 0.4) is 0 Å². The molecular weight excluding hydrogens is 350 g/mol. The van der Waals surface area contributed by atoms with Crippen LogP contribution in [0.2, 0.25) is 0 Å². The maximum Gasteiger partial charge on any atom is 0.225 e. The first kappa shape index (κ1) is 18.2. The number of imidazole rings is 1. The summed E-state index contributed by atoms with van der Waals surface area (Å²) in [6, 6.07) is 18.4. The van der Waals surface area contributed by atoms with Crippen LogP contribution in [0.1, 0.15) is 35.8 Å². The van der Waals surface area contributed by atoms with Crippen molar-refractivity contribution in [2.45, 2.75) is 31.9 Å². The molecule has 1 unspecified atom stereocenters. The molecule has 0 aliphatic carbocycles. The number of aromatic nitrogens is 3. The zero-order chi connectivity index (χ0) is 19.2. The van der Waals surface area contributed by atoms with E-state index in [2.05, 4.69) is 34.2 Å². The molecule has 5 heteroatoms. The highest BCUT2D eigenvalue weighted by Gasteiger charge is 2.13. The Hall–Kier alpha value is -3.18. The predicted molar refractivity (Wildman–Crippen MR) is 108 cm³/mol. The van der Waals surface area contributed by atoms with E-state index < -0.39 is 6.10 Å². The molecule has 0 bridgehead atoms. The van der Waals surface area contributed by atoms with Gasteiger partial charge in [-0.2, -0.15) is 0 Å². The largest absolute Gasteiger partial charge is 0.445 e. The molecule has 0 saturated heterocycles. The number of hydrogen-bond acceptors (Lipinski definition) is 4. The summed E-state index contributed by atoms with van der Waals surface area (Å²) >= 11 is 0. The van der Waals surface area contributed by atoms with Crippen LogP contribution in [-0.4, -0.2) is 19.6 Å². The molecule has 0 aliphatic heterocycles. The van der Waals surface area contributed by atoms with Crippen molar-refractivity contribution in [3.63, 3.8) is 0 Å². The lowest BCUT2D eigenvalue weighted by Crippen LogP contribution is -2.08. The third-order valence-corrected chi connectivity index (χ3v) is 4.86. The van der Waals surface area contributed by atoms with E-state index in [-0.39, 0.29) is 0 Å². The van der Waals surface area contributed by atoms with Gasteiger partial charge in [-0.15, -0.1) is 0 Å². The first-order chi connectivity index (χ1) is 13.8. The van der Waals surface area contributed by atoms with Crippen LogP contribution in [-0.2, 0) is 13.0 Å². The fourth-order valence-corrected chi connectivity index (χ4v) is 3.35. The standard InChI is InChI=1S/C23H23N3O2/c27-22(21-15-24-17-26(21)16-19-5-2-1-3-6-19)8-4-7-18-9-11-20(12-10-18)23-25-13-14-28-23/h1-3,5-6,9-15,17,22,27H,4,7-8,16H2. The molecule has 0 spiro atoms. The zero-order valence-corrected chi connectivity index (χ0v) is 15.6. The highest BCUT2D eigenvalue weighted by Crippen LogP contribution is 2.22. The van der Waals surface area contributed by atoms with Crippen LogP contribution in [0.4, 0.5) is 0 Å². The maximum absolute atomic E-state index is 10.6. The summed E-state index contributed by atoms with van der Waals surface area (Å²) in [6.45, 7) is 0.718. The van der Waals surface area contributed by atoms with Crippen LogP contribution >= 0.6 is 0 Å². The van der Waals surface area contributed by atoms with Gasteiger partial charge >= 0.3 is 0 Å². The minimum Gasteiger partial charge on any atom is -0.445 e. The quantitative estimate of drug-likeness (QED) is 0.489. The number of hydrogen-bond donors (Lipinski definition) is 1. The molecule has 0 saturated carbocycles. The average molecular weight is 373 g/mol. The van der Waals surface area contributed by atoms with E-state index in [1.807, 2.05) is 34.9 Å². The normalized spacial score (nSPS) is 12.2. The molecule has 0 amide bonds. The van der Waals surface area contributed by atoms with Gasteiger partial charge in [-0.3, -0.25) is 0 Å². The molecule has 2 aromatic heterocycles. The van der Waals surface area contributed by atoms with E-state index in [0.717, 1.165) is 30.6 Å². The lowest BCUT2D eigenvalue weighted by atomic mass is 10.0. The third-order valence-electron chi connectivity index (χ3n) is 4.86. The number of aryl methyl sites for hydroxylation is 1. The minimum atomic E-state index is -0.516. The van der Waals surface area contributed by atoms with Gasteiger partial charge in [0.1, 0.15) is 6.26 Å². The molecule has 0 radical (unpaired) electrons. The Kier molecular flexibility index (Phi) is 5.64. The van der Waals surface area contributed by atoms with Gasteiger partial charge in [0.15, 0.2) is 0 Å². The first-order valence-corrected chi connectivity index (χ1v) is 9.50. The van der Waals surface area contributed by atoms with Gasteiger partial charge in [0.2, 0.25) is 5.89 Å². The highest BCUT2D eigenvalue weighted by molar-refractivity contribution is 5.53. The summed E-state index contributed by atoms with van der Waals surface area (Å²) in [7, 11) is 0. The van der Waals surface area contributed by atoms with Crippen molar-refractivity contribution in [2.24, 2.45) is 0 Å². The fourth-order valence-electron chi connectivity index (χ4n) is 3.35. The van der Waals surface area contributed by atoms with Gasteiger partial charge in [0.05, 0.1) is 30.5 Å². The van der Waals surface area contributed by atoms with Crippen molar-refractivity contribution < 1.29 is 9.52 Å². The Morgan fingerprint density at radius 3 is 2.57 bits per heavy atom. The van der Waals surface area contributed by atoms with Gasteiger partial charge in [0.25, 0.3) is 0 Å². The Morgan fingerprint density at radius 1 is 1.00 bits per heavy atom. The predicted octanol–water partition coefficient (Wildman–Crippen LogP) is 4.64. The average Bonchev–Trinajstić information content (AvgIpc) is 3.41. The number of benzene rings is 2. The second kappa shape index (κ2) is 8.67. The zero-order valence-electron chi connectivity index (χ0n) is 15.6. The Bertz CT molecular complexity index is 976. The second-order valence-electron chi connectivity index (χ2n) is 6.87. The molecule has 0 aliphatic rings. The first-order valence-electron chi connectivity index (χ1n) is 9.50. The number of nitrogens with zero attached hydrogens (tertiary/aromatic N) is 3. The van der Waals surface area contributed by atoms with Crippen LogP contribution in [0, 0.1) is 0 Å². The third kappa shape index (κ3) is 4.38. The van der Waals surface area contributed by atoms with E-state index in [0.29, 0.717) is 12.3 Å². The summed E-state index contributed by atoms with van der Waals surface area (Å²) in [5, 5.41) is 10.6. The Morgan fingerprint density at radius 2 is 1.82 bits per heavy atom. The number of rotatable bonds is 8. The van der Waals surface area contributed by atoms with Crippen molar-refractivity contribution in [1.82, 2.24) is 14.5 Å². The van der Waals surface area contributed by atoms with E-state index >= 15 is 0 Å². The summed E-state index contributed by atoms with van der Waals surface area (Å²) < 4.78 is 7.33. The molecule has 1 N–H and O–H groups in total. The van der Waals surface area contributed by atoms with Gasteiger partial charge in [0, 0.05) is 12.1 Å². The van der Waals surface area contributed by atoms with E-state index in [9.17, 15) is 5.11 Å². The summed E-state index contributed by atoms with van der Waals surface area (Å²) in [5.74, 6) is 0.633. The SMILES string of the molecule is OC(CCCc1ccc(-c2ncco2)cc1)c1cncn1Cc1ccccc1. The Balaban J connectivity index is 1.31. The van der Waals surface area contributed by atoms with Crippen LogP contribution in [0.5, 0.6) is 0 Å². The van der Waals surface area contributed by atoms with Crippen molar-refractivity contribution in [1.29, 1.82) is 0 Å². The van der Waals surface area contributed by atoms with E-state index in [1.165, 1.54) is 11.1 Å². The lowest BCUT2D eigenvalue weighted by Gasteiger charge is -2.14. The minimum absolute atomic E-state index is 0.516. The van der Waals surface area contributed by atoms with E-state index in [1.54, 1.807) is 25.0 Å². The molecule has 142 valence electrons. The molecule has 2 aromatic carbocycles. The van der Waals surface area contributed by atoms with Crippen molar-refractivity contribution in [3.8, 4) is 11.5 Å².